The molecule has 15 heavy (non-hydrogen) atoms. The monoisotopic (exact) mass is 226 g/mol. The van der Waals surface area contributed by atoms with Crippen LogP contribution in [0.2, 0.25) is 0 Å². The summed E-state index contributed by atoms with van der Waals surface area (Å²) >= 11 is 0. The number of rotatable bonds is 1. The topological polar surface area (TPSA) is 73.1 Å². The molecular weight excluding hydrogens is 212 g/mol. The molecule has 0 amide bonds. The molecule has 1 aromatic heterocycles. The molecule has 4 nitrogen and oxygen atoms in total. The maximum Gasteiger partial charge on any atom is 0.239 e. The highest BCUT2D eigenvalue weighted by Crippen LogP contribution is 2.20. The Hall–Kier alpha value is -0.940. The first-order chi connectivity index (χ1) is 7.07. The molecule has 0 fully saturated rings. The zero-order valence-corrected chi connectivity index (χ0v) is 9.26. The quantitative estimate of drug-likeness (QED) is 0.726. The molecule has 1 aliphatic carbocycles. The Morgan fingerprint density at radius 2 is 1.93 bits per heavy atom. The van der Waals surface area contributed by atoms with Crippen molar-refractivity contribution in [3.05, 3.63) is 23.5 Å². The van der Waals surface area contributed by atoms with Crippen molar-refractivity contribution in [3.63, 3.8) is 0 Å². The molecule has 1 heterocycles. The van der Waals surface area contributed by atoms with E-state index in [1.165, 1.54) is 12.6 Å². The number of nitrogens with two attached hydrogens (primary N) is 1. The Kier molecular flexibility index (Phi) is 2.75. The molecule has 0 unspecified atom stereocenters. The van der Waals surface area contributed by atoms with Gasteiger partial charge in [0.1, 0.15) is 4.90 Å². The summed E-state index contributed by atoms with van der Waals surface area (Å²) in [5.41, 5.74) is 2.07. The summed E-state index contributed by atoms with van der Waals surface area (Å²) in [5.74, 6) is 0. The van der Waals surface area contributed by atoms with E-state index in [1.54, 1.807) is 6.07 Å². The molecule has 1 aliphatic rings. The lowest BCUT2D eigenvalue weighted by Crippen LogP contribution is -2.13. The summed E-state index contributed by atoms with van der Waals surface area (Å²) in [7, 11) is -3.61. The number of nitrogens with zero attached hydrogens (tertiary/aromatic N) is 1. The highest BCUT2D eigenvalue weighted by molar-refractivity contribution is 7.89. The molecule has 0 spiro atoms. The first-order valence-corrected chi connectivity index (χ1v) is 6.62. The van der Waals surface area contributed by atoms with Crippen LogP contribution in [-0.2, 0) is 22.9 Å². The van der Waals surface area contributed by atoms with Crippen LogP contribution >= 0.6 is 0 Å². The zero-order chi connectivity index (χ0) is 10.9. The summed E-state index contributed by atoms with van der Waals surface area (Å²) in [4.78, 5) is 4.31. The summed E-state index contributed by atoms with van der Waals surface area (Å²) in [6.07, 6.45) is 6.63. The van der Waals surface area contributed by atoms with Gasteiger partial charge in [-0.3, -0.25) is 4.98 Å². The van der Waals surface area contributed by atoms with Gasteiger partial charge in [0, 0.05) is 11.9 Å². The van der Waals surface area contributed by atoms with Crippen LogP contribution in [-0.4, -0.2) is 13.4 Å². The molecule has 2 N–H and O–H groups in total. The van der Waals surface area contributed by atoms with Crippen LogP contribution in [0.4, 0.5) is 0 Å². The fraction of sp³-hybridized carbons (Fsp3) is 0.500. The van der Waals surface area contributed by atoms with E-state index in [4.69, 9.17) is 5.14 Å². The van der Waals surface area contributed by atoms with E-state index in [-0.39, 0.29) is 4.90 Å². The number of primary sulfonamides is 1. The Labute approximate surface area is 89.6 Å². The summed E-state index contributed by atoms with van der Waals surface area (Å²) in [6, 6.07) is 1.67. The second-order valence-corrected chi connectivity index (χ2v) is 5.44. The average molecular weight is 226 g/mol. The molecule has 5 heteroatoms. The first kappa shape index (κ1) is 10.6. The second kappa shape index (κ2) is 3.90. The molecule has 0 atom stereocenters. The Morgan fingerprint density at radius 3 is 2.67 bits per heavy atom. The Bertz CT molecular complexity index is 468. The third kappa shape index (κ3) is 2.35. The van der Waals surface area contributed by atoms with Crippen molar-refractivity contribution in [1.29, 1.82) is 0 Å². The smallest absolute Gasteiger partial charge is 0.239 e. The fourth-order valence-electron chi connectivity index (χ4n) is 1.90. The van der Waals surface area contributed by atoms with Crippen LogP contribution in [0, 0.1) is 0 Å². The fourth-order valence-corrected chi connectivity index (χ4v) is 2.40. The van der Waals surface area contributed by atoms with Gasteiger partial charge in [0.2, 0.25) is 10.0 Å². The van der Waals surface area contributed by atoms with Crippen LogP contribution in [0.5, 0.6) is 0 Å². The van der Waals surface area contributed by atoms with Gasteiger partial charge in [-0.05, 0) is 37.3 Å². The molecule has 0 saturated carbocycles. The Balaban J connectivity index is 2.45. The maximum absolute atomic E-state index is 11.1. The lowest BCUT2D eigenvalue weighted by molar-refractivity contribution is 0.597. The van der Waals surface area contributed by atoms with Crippen molar-refractivity contribution in [2.24, 2.45) is 5.14 Å². The van der Waals surface area contributed by atoms with Gasteiger partial charge >= 0.3 is 0 Å². The van der Waals surface area contributed by atoms with Gasteiger partial charge in [-0.1, -0.05) is 6.42 Å². The van der Waals surface area contributed by atoms with E-state index >= 15 is 0 Å². The van der Waals surface area contributed by atoms with E-state index in [2.05, 4.69) is 4.98 Å². The van der Waals surface area contributed by atoms with E-state index in [0.29, 0.717) is 0 Å². The normalized spacial score (nSPS) is 16.9. The van der Waals surface area contributed by atoms with Crippen LogP contribution < -0.4 is 5.14 Å². The van der Waals surface area contributed by atoms with Crippen molar-refractivity contribution in [3.8, 4) is 0 Å². The minimum atomic E-state index is -3.61. The highest BCUT2D eigenvalue weighted by atomic mass is 32.2. The van der Waals surface area contributed by atoms with Crippen molar-refractivity contribution in [2.45, 2.75) is 37.0 Å². The van der Waals surface area contributed by atoms with Crippen molar-refractivity contribution in [1.82, 2.24) is 4.98 Å². The predicted molar refractivity (Wildman–Crippen MR) is 56.9 cm³/mol. The predicted octanol–water partition coefficient (Wildman–Crippen LogP) is 0.998. The molecule has 1 aromatic rings. The van der Waals surface area contributed by atoms with E-state index in [0.717, 1.165) is 36.9 Å². The van der Waals surface area contributed by atoms with Gasteiger partial charge in [0.05, 0.1) is 0 Å². The third-order valence-corrected chi connectivity index (χ3v) is 3.60. The maximum atomic E-state index is 11.1. The third-order valence-electron chi connectivity index (χ3n) is 2.72. The molecule has 0 aromatic carbocycles. The van der Waals surface area contributed by atoms with Crippen LogP contribution in [0.15, 0.2) is 17.2 Å². The number of aryl methyl sites for hydroxylation is 2. The lowest BCUT2D eigenvalue weighted by Gasteiger charge is -2.05. The van der Waals surface area contributed by atoms with E-state index in [9.17, 15) is 8.42 Å². The van der Waals surface area contributed by atoms with Crippen LogP contribution in [0.25, 0.3) is 0 Å². The van der Waals surface area contributed by atoms with Crippen molar-refractivity contribution in [2.75, 3.05) is 0 Å². The number of fused-ring (bicyclic) bond motifs is 1. The van der Waals surface area contributed by atoms with Crippen LogP contribution in [0.1, 0.15) is 30.5 Å². The first-order valence-electron chi connectivity index (χ1n) is 5.08. The minimum Gasteiger partial charge on any atom is -0.260 e. The van der Waals surface area contributed by atoms with Gasteiger partial charge in [0.25, 0.3) is 0 Å². The average Bonchev–Trinajstić information content (AvgIpc) is 2.39. The Morgan fingerprint density at radius 1 is 1.20 bits per heavy atom. The molecule has 0 aliphatic heterocycles. The number of aromatic nitrogens is 1. The molecule has 2 rings (SSSR count). The SMILES string of the molecule is NS(=O)(=O)c1cnc2c(c1)CCCCC2. The minimum absolute atomic E-state index is 0.128. The summed E-state index contributed by atoms with van der Waals surface area (Å²) in [5, 5.41) is 5.06. The molecule has 0 bridgehead atoms. The molecular formula is C10H14N2O2S. The van der Waals surface area contributed by atoms with Crippen molar-refractivity contribution < 1.29 is 8.42 Å². The largest absolute Gasteiger partial charge is 0.260 e. The van der Waals surface area contributed by atoms with Crippen LogP contribution in [0.3, 0.4) is 0 Å². The van der Waals surface area contributed by atoms with Gasteiger partial charge in [-0.25, -0.2) is 13.6 Å². The number of hydrogen-bond donors (Lipinski definition) is 1. The zero-order valence-electron chi connectivity index (χ0n) is 8.44. The van der Waals surface area contributed by atoms with E-state index in [1.807, 2.05) is 0 Å². The molecule has 0 radical (unpaired) electrons. The van der Waals surface area contributed by atoms with E-state index < -0.39 is 10.0 Å². The standard InChI is InChI=1S/C10H14N2O2S/c11-15(13,14)9-6-8-4-2-1-3-5-10(8)12-7-9/h6-7H,1-5H2,(H2,11,13,14). The van der Waals surface area contributed by atoms with Crippen molar-refractivity contribution >= 4 is 10.0 Å². The lowest BCUT2D eigenvalue weighted by atomic mass is 10.1. The number of sulfonamides is 1. The molecule has 0 saturated heterocycles. The number of hydrogen-bond acceptors (Lipinski definition) is 3. The van der Waals surface area contributed by atoms with Gasteiger partial charge in [-0.2, -0.15) is 0 Å². The van der Waals surface area contributed by atoms with Gasteiger partial charge < -0.3 is 0 Å². The van der Waals surface area contributed by atoms with Gasteiger partial charge in [0.15, 0.2) is 0 Å². The second-order valence-electron chi connectivity index (χ2n) is 3.88. The summed E-state index contributed by atoms with van der Waals surface area (Å²) < 4.78 is 22.3. The molecule has 82 valence electrons. The van der Waals surface area contributed by atoms with Gasteiger partial charge in [-0.15, -0.1) is 0 Å². The number of pyridine rings is 1. The summed E-state index contributed by atoms with van der Waals surface area (Å²) in [6.45, 7) is 0. The highest BCUT2D eigenvalue weighted by Gasteiger charge is 2.14.